The first-order valence-electron chi connectivity index (χ1n) is 8.55. The lowest BCUT2D eigenvalue weighted by molar-refractivity contribution is 0.507. The van der Waals surface area contributed by atoms with Gasteiger partial charge in [0, 0.05) is 11.7 Å². The first kappa shape index (κ1) is 18.2. The topological polar surface area (TPSA) is 72.2 Å². The Morgan fingerprint density at radius 3 is 2.52 bits per heavy atom. The van der Waals surface area contributed by atoms with Crippen LogP contribution in [-0.2, 0) is 29.3 Å². The Bertz CT molecular complexity index is 896. The van der Waals surface area contributed by atoms with Crippen LogP contribution in [0.25, 0.3) is 0 Å². The van der Waals surface area contributed by atoms with E-state index in [0.717, 1.165) is 55.3 Å². The number of rotatable bonds is 3. The van der Waals surface area contributed by atoms with E-state index < -0.39 is 10.0 Å². The minimum Gasteiger partial charge on any atom is -0.399 e. The van der Waals surface area contributed by atoms with Gasteiger partial charge in [-0.1, -0.05) is 12.1 Å². The van der Waals surface area contributed by atoms with E-state index in [1.165, 1.54) is 11.1 Å². The van der Waals surface area contributed by atoms with E-state index in [-0.39, 0.29) is 18.4 Å². The number of halogens is 1. The first-order chi connectivity index (χ1) is 11.5. The fourth-order valence-electron chi connectivity index (χ4n) is 3.93. The highest BCUT2D eigenvalue weighted by Gasteiger charge is 2.26. The molecule has 2 aromatic rings. The van der Waals surface area contributed by atoms with Crippen molar-refractivity contribution in [3.8, 4) is 0 Å². The second-order valence-corrected chi connectivity index (χ2v) is 8.52. The van der Waals surface area contributed by atoms with E-state index in [1.807, 2.05) is 30.3 Å². The molecule has 0 aromatic heterocycles. The lowest BCUT2D eigenvalue weighted by atomic mass is 9.88. The van der Waals surface area contributed by atoms with Crippen LogP contribution < -0.4 is 10.5 Å². The molecule has 134 valence electrons. The van der Waals surface area contributed by atoms with Crippen LogP contribution in [0.4, 0.5) is 5.69 Å². The Kier molecular flexibility index (Phi) is 5.09. The van der Waals surface area contributed by atoms with Gasteiger partial charge >= 0.3 is 0 Å². The van der Waals surface area contributed by atoms with Crippen molar-refractivity contribution >= 4 is 28.1 Å². The highest BCUT2D eigenvalue weighted by Crippen LogP contribution is 2.32. The molecule has 1 unspecified atom stereocenters. The van der Waals surface area contributed by atoms with Crippen molar-refractivity contribution in [3.05, 3.63) is 58.7 Å². The Morgan fingerprint density at radius 2 is 1.68 bits per heavy atom. The summed E-state index contributed by atoms with van der Waals surface area (Å²) >= 11 is 0. The zero-order chi connectivity index (χ0) is 16.7. The molecule has 0 aliphatic heterocycles. The standard InChI is InChI=1S/C19H22N2O2S.ClH/c20-16-8-10-18-15(11-16)5-2-6-19(18)21-24(22,23)17-9-7-13-3-1-4-14(13)12-17;/h7-12,19,21H,1-6,20H2;1H. The Labute approximate surface area is 155 Å². The largest absolute Gasteiger partial charge is 0.399 e. The lowest BCUT2D eigenvalue weighted by Gasteiger charge is -2.26. The van der Waals surface area contributed by atoms with Gasteiger partial charge < -0.3 is 5.73 Å². The Hall–Kier alpha value is -1.56. The van der Waals surface area contributed by atoms with E-state index in [9.17, 15) is 8.42 Å². The van der Waals surface area contributed by atoms with E-state index >= 15 is 0 Å². The van der Waals surface area contributed by atoms with Gasteiger partial charge in [-0.2, -0.15) is 0 Å². The summed E-state index contributed by atoms with van der Waals surface area (Å²) in [6, 6.07) is 11.1. The van der Waals surface area contributed by atoms with Crippen molar-refractivity contribution in [2.24, 2.45) is 0 Å². The van der Waals surface area contributed by atoms with Gasteiger partial charge in [0.2, 0.25) is 10.0 Å². The summed E-state index contributed by atoms with van der Waals surface area (Å²) in [5.41, 5.74) is 11.3. The van der Waals surface area contributed by atoms with Gasteiger partial charge in [0.1, 0.15) is 0 Å². The minimum absolute atomic E-state index is 0. The third-order valence-corrected chi connectivity index (χ3v) is 6.63. The fraction of sp³-hybridized carbons (Fsp3) is 0.368. The number of anilines is 1. The van der Waals surface area contributed by atoms with E-state index in [0.29, 0.717) is 4.90 Å². The van der Waals surface area contributed by atoms with Crippen LogP contribution in [-0.4, -0.2) is 8.42 Å². The molecule has 4 nitrogen and oxygen atoms in total. The second-order valence-electron chi connectivity index (χ2n) is 6.81. The van der Waals surface area contributed by atoms with Crippen LogP contribution in [0.2, 0.25) is 0 Å². The fourth-order valence-corrected chi connectivity index (χ4v) is 5.23. The molecular formula is C19H23ClN2O2S. The molecule has 0 radical (unpaired) electrons. The molecule has 0 saturated heterocycles. The number of hydrogen-bond acceptors (Lipinski definition) is 3. The predicted molar refractivity (Wildman–Crippen MR) is 103 cm³/mol. The molecule has 6 heteroatoms. The van der Waals surface area contributed by atoms with E-state index in [1.54, 1.807) is 6.07 Å². The van der Waals surface area contributed by atoms with Crippen molar-refractivity contribution < 1.29 is 8.42 Å². The third-order valence-electron chi connectivity index (χ3n) is 5.16. The highest BCUT2D eigenvalue weighted by atomic mass is 35.5. The normalized spacial score (nSPS) is 19.0. The number of nitrogens with one attached hydrogen (secondary N) is 1. The predicted octanol–water partition coefficient (Wildman–Crippen LogP) is 3.54. The first-order valence-corrected chi connectivity index (χ1v) is 10.0. The number of aryl methyl sites for hydroxylation is 3. The molecule has 2 aliphatic rings. The summed E-state index contributed by atoms with van der Waals surface area (Å²) in [5.74, 6) is 0. The van der Waals surface area contributed by atoms with Crippen molar-refractivity contribution in [2.75, 3.05) is 5.73 Å². The number of sulfonamides is 1. The average Bonchev–Trinajstić information content (AvgIpc) is 3.02. The van der Waals surface area contributed by atoms with Gasteiger partial charge in [0.05, 0.1) is 4.90 Å². The molecule has 0 amide bonds. The molecular weight excluding hydrogens is 356 g/mol. The molecule has 1 atom stereocenters. The Balaban J connectivity index is 0.00000182. The van der Waals surface area contributed by atoms with Crippen LogP contribution in [0, 0.1) is 0 Å². The maximum absolute atomic E-state index is 12.8. The third kappa shape index (κ3) is 3.54. The van der Waals surface area contributed by atoms with Crippen LogP contribution in [0.3, 0.4) is 0 Å². The maximum atomic E-state index is 12.8. The highest BCUT2D eigenvalue weighted by molar-refractivity contribution is 7.89. The zero-order valence-electron chi connectivity index (χ0n) is 14.0. The number of benzene rings is 2. The molecule has 0 fully saturated rings. The van der Waals surface area contributed by atoms with Crippen molar-refractivity contribution in [1.82, 2.24) is 4.72 Å². The monoisotopic (exact) mass is 378 g/mol. The van der Waals surface area contributed by atoms with Gasteiger partial charge in [-0.25, -0.2) is 13.1 Å². The average molecular weight is 379 g/mol. The summed E-state index contributed by atoms with van der Waals surface area (Å²) < 4.78 is 28.6. The quantitative estimate of drug-likeness (QED) is 0.802. The smallest absolute Gasteiger partial charge is 0.241 e. The van der Waals surface area contributed by atoms with Gasteiger partial charge in [0.25, 0.3) is 0 Å². The number of nitrogen functional groups attached to an aromatic ring is 1. The maximum Gasteiger partial charge on any atom is 0.241 e. The van der Waals surface area contributed by atoms with Crippen molar-refractivity contribution in [2.45, 2.75) is 49.5 Å². The molecule has 0 saturated carbocycles. The van der Waals surface area contributed by atoms with Crippen molar-refractivity contribution in [3.63, 3.8) is 0 Å². The molecule has 2 aromatic carbocycles. The SMILES string of the molecule is Cl.Nc1ccc2c(c1)CCCC2NS(=O)(=O)c1ccc2c(c1)CCC2. The van der Waals surface area contributed by atoms with Crippen LogP contribution in [0.5, 0.6) is 0 Å². The van der Waals surface area contributed by atoms with Gasteiger partial charge in [-0.05, 0) is 85.0 Å². The number of fused-ring (bicyclic) bond motifs is 2. The molecule has 25 heavy (non-hydrogen) atoms. The number of hydrogen-bond donors (Lipinski definition) is 2. The summed E-state index contributed by atoms with van der Waals surface area (Å²) in [6.07, 6.45) is 5.89. The molecule has 4 rings (SSSR count). The van der Waals surface area contributed by atoms with Crippen LogP contribution >= 0.6 is 12.4 Å². The van der Waals surface area contributed by atoms with E-state index in [4.69, 9.17) is 5.73 Å². The van der Waals surface area contributed by atoms with Crippen molar-refractivity contribution in [1.29, 1.82) is 0 Å². The number of nitrogens with two attached hydrogens (primary N) is 1. The van der Waals surface area contributed by atoms with Gasteiger partial charge in [-0.15, -0.1) is 12.4 Å². The Morgan fingerprint density at radius 1 is 0.920 bits per heavy atom. The van der Waals surface area contributed by atoms with Gasteiger partial charge in [0.15, 0.2) is 0 Å². The van der Waals surface area contributed by atoms with Crippen LogP contribution in [0.1, 0.15) is 47.6 Å². The van der Waals surface area contributed by atoms with Crippen LogP contribution in [0.15, 0.2) is 41.3 Å². The summed E-state index contributed by atoms with van der Waals surface area (Å²) in [4.78, 5) is 0.380. The zero-order valence-corrected chi connectivity index (χ0v) is 15.6. The lowest BCUT2D eigenvalue weighted by Crippen LogP contribution is -2.31. The second kappa shape index (κ2) is 6.98. The molecule has 3 N–H and O–H groups in total. The molecule has 2 aliphatic carbocycles. The van der Waals surface area contributed by atoms with Gasteiger partial charge in [-0.3, -0.25) is 0 Å². The van der Waals surface area contributed by atoms with E-state index in [2.05, 4.69) is 4.72 Å². The molecule has 0 spiro atoms. The summed E-state index contributed by atoms with van der Waals surface area (Å²) in [5, 5.41) is 0. The molecule has 0 bridgehead atoms. The minimum atomic E-state index is -3.52. The summed E-state index contributed by atoms with van der Waals surface area (Å²) in [6.45, 7) is 0. The summed E-state index contributed by atoms with van der Waals surface area (Å²) in [7, 11) is -3.52. The molecule has 0 heterocycles.